The SMILES string of the molecule is Cc1ccc(CNC(=O)c2cccc(N)c2Br)s1. The first kappa shape index (κ1) is 13.1. The first-order valence-corrected chi connectivity index (χ1v) is 7.06. The van der Waals surface area contributed by atoms with Crippen molar-refractivity contribution in [2.75, 3.05) is 5.73 Å². The van der Waals surface area contributed by atoms with Gasteiger partial charge in [0.2, 0.25) is 0 Å². The molecule has 18 heavy (non-hydrogen) atoms. The average molecular weight is 325 g/mol. The number of hydrogen-bond donors (Lipinski definition) is 2. The molecule has 94 valence electrons. The van der Waals surface area contributed by atoms with E-state index in [-0.39, 0.29) is 5.91 Å². The topological polar surface area (TPSA) is 55.1 Å². The van der Waals surface area contributed by atoms with Crippen molar-refractivity contribution in [2.24, 2.45) is 0 Å². The molecule has 1 amide bonds. The molecule has 0 aliphatic carbocycles. The van der Waals surface area contributed by atoms with E-state index in [0.29, 0.717) is 22.3 Å². The largest absolute Gasteiger partial charge is 0.398 e. The number of nitrogen functional groups attached to an aromatic ring is 1. The third-order valence-corrected chi connectivity index (χ3v) is 4.38. The number of nitrogens with two attached hydrogens (primary N) is 1. The zero-order valence-corrected chi connectivity index (χ0v) is 12.3. The minimum absolute atomic E-state index is 0.125. The van der Waals surface area contributed by atoms with Crippen LogP contribution < -0.4 is 11.1 Å². The van der Waals surface area contributed by atoms with E-state index < -0.39 is 0 Å². The number of rotatable bonds is 3. The van der Waals surface area contributed by atoms with Crippen LogP contribution in [0.3, 0.4) is 0 Å². The molecule has 5 heteroatoms. The number of thiophene rings is 1. The van der Waals surface area contributed by atoms with E-state index in [0.717, 1.165) is 4.88 Å². The second kappa shape index (κ2) is 5.54. The van der Waals surface area contributed by atoms with Crippen LogP contribution in [0, 0.1) is 6.92 Å². The maximum absolute atomic E-state index is 12.0. The third kappa shape index (κ3) is 2.91. The van der Waals surface area contributed by atoms with Crippen molar-refractivity contribution in [3.8, 4) is 0 Å². The van der Waals surface area contributed by atoms with Gasteiger partial charge in [0.1, 0.15) is 0 Å². The fraction of sp³-hybridized carbons (Fsp3) is 0.154. The highest BCUT2D eigenvalue weighted by atomic mass is 79.9. The molecule has 0 saturated heterocycles. The summed E-state index contributed by atoms with van der Waals surface area (Å²) >= 11 is 5.01. The summed E-state index contributed by atoms with van der Waals surface area (Å²) in [5.41, 5.74) is 6.87. The van der Waals surface area contributed by atoms with Crippen molar-refractivity contribution >= 4 is 38.9 Å². The van der Waals surface area contributed by atoms with Crippen molar-refractivity contribution in [2.45, 2.75) is 13.5 Å². The molecule has 1 aromatic heterocycles. The number of amides is 1. The lowest BCUT2D eigenvalue weighted by atomic mass is 10.2. The Balaban J connectivity index is 2.06. The molecule has 3 nitrogen and oxygen atoms in total. The van der Waals surface area contributed by atoms with Crippen molar-refractivity contribution < 1.29 is 4.79 Å². The van der Waals surface area contributed by atoms with Crippen LogP contribution in [0.1, 0.15) is 20.1 Å². The lowest BCUT2D eigenvalue weighted by Gasteiger charge is -2.07. The summed E-state index contributed by atoms with van der Waals surface area (Å²) < 4.78 is 0.643. The summed E-state index contributed by atoms with van der Waals surface area (Å²) in [5.74, 6) is -0.125. The first-order valence-electron chi connectivity index (χ1n) is 5.45. The van der Waals surface area contributed by atoms with E-state index in [9.17, 15) is 4.79 Å². The second-order valence-corrected chi connectivity index (χ2v) is 6.07. The van der Waals surface area contributed by atoms with Gasteiger partial charge in [0.15, 0.2) is 0 Å². The van der Waals surface area contributed by atoms with Crippen LogP contribution in [0.15, 0.2) is 34.8 Å². The van der Waals surface area contributed by atoms with Gasteiger partial charge in [-0.05, 0) is 47.1 Å². The van der Waals surface area contributed by atoms with Crippen LogP contribution >= 0.6 is 27.3 Å². The van der Waals surface area contributed by atoms with E-state index in [2.05, 4.69) is 21.2 Å². The van der Waals surface area contributed by atoms with Crippen LogP contribution in [-0.2, 0) is 6.54 Å². The maximum atomic E-state index is 12.0. The van der Waals surface area contributed by atoms with Crippen LogP contribution in [0.25, 0.3) is 0 Å². The second-order valence-electron chi connectivity index (χ2n) is 3.90. The standard InChI is InChI=1S/C13H13BrN2OS/c1-8-5-6-9(18-8)7-16-13(17)10-3-2-4-11(15)12(10)14/h2-6H,7,15H2,1H3,(H,16,17). The smallest absolute Gasteiger partial charge is 0.252 e. The monoisotopic (exact) mass is 324 g/mol. The summed E-state index contributed by atoms with van der Waals surface area (Å²) in [6, 6.07) is 9.33. The van der Waals surface area contributed by atoms with Gasteiger partial charge in [-0.15, -0.1) is 11.3 Å². The molecule has 0 bridgehead atoms. The predicted molar refractivity (Wildman–Crippen MR) is 78.8 cm³/mol. The Morgan fingerprint density at radius 2 is 2.17 bits per heavy atom. The molecular weight excluding hydrogens is 312 g/mol. The third-order valence-electron chi connectivity index (χ3n) is 2.49. The molecule has 2 aromatic rings. The van der Waals surface area contributed by atoms with E-state index in [1.165, 1.54) is 4.88 Å². The predicted octanol–water partition coefficient (Wildman–Crippen LogP) is 3.33. The highest BCUT2D eigenvalue weighted by Gasteiger charge is 2.11. The van der Waals surface area contributed by atoms with Gasteiger partial charge in [-0.3, -0.25) is 4.79 Å². The summed E-state index contributed by atoms with van der Waals surface area (Å²) in [6.45, 7) is 2.59. The minimum atomic E-state index is -0.125. The lowest BCUT2D eigenvalue weighted by molar-refractivity contribution is 0.0950. The number of nitrogens with one attached hydrogen (secondary N) is 1. The molecule has 1 heterocycles. The van der Waals surface area contributed by atoms with Gasteiger partial charge in [-0.2, -0.15) is 0 Å². The van der Waals surface area contributed by atoms with E-state index in [4.69, 9.17) is 5.73 Å². The average Bonchev–Trinajstić information content (AvgIpc) is 2.76. The normalized spacial score (nSPS) is 10.3. The molecule has 0 unspecified atom stereocenters. The quantitative estimate of drug-likeness (QED) is 0.851. The van der Waals surface area contributed by atoms with Crippen molar-refractivity contribution in [1.29, 1.82) is 0 Å². The number of carbonyl (C=O) groups excluding carboxylic acids is 1. The summed E-state index contributed by atoms with van der Waals surface area (Å²) in [6.07, 6.45) is 0. The number of benzene rings is 1. The van der Waals surface area contributed by atoms with Gasteiger partial charge < -0.3 is 11.1 Å². The van der Waals surface area contributed by atoms with E-state index in [1.807, 2.05) is 19.1 Å². The number of aryl methyl sites for hydroxylation is 1. The van der Waals surface area contributed by atoms with Crippen LogP contribution in [-0.4, -0.2) is 5.91 Å². The van der Waals surface area contributed by atoms with Gasteiger partial charge >= 0.3 is 0 Å². The van der Waals surface area contributed by atoms with Crippen molar-refractivity contribution in [3.05, 3.63) is 50.1 Å². The Bertz CT molecular complexity index is 580. The lowest BCUT2D eigenvalue weighted by Crippen LogP contribution is -2.22. The Labute approximate surface area is 118 Å². The summed E-state index contributed by atoms with van der Waals surface area (Å²) in [5, 5.41) is 2.88. The van der Waals surface area contributed by atoms with Crippen LogP contribution in [0.4, 0.5) is 5.69 Å². The van der Waals surface area contributed by atoms with E-state index >= 15 is 0 Å². The molecule has 3 N–H and O–H groups in total. The maximum Gasteiger partial charge on any atom is 0.252 e. The first-order chi connectivity index (χ1) is 8.58. The Kier molecular flexibility index (Phi) is 4.04. The summed E-state index contributed by atoms with van der Waals surface area (Å²) in [7, 11) is 0. The van der Waals surface area contributed by atoms with Gasteiger partial charge in [-0.1, -0.05) is 6.07 Å². The zero-order chi connectivity index (χ0) is 13.1. The highest BCUT2D eigenvalue weighted by molar-refractivity contribution is 9.10. The Hall–Kier alpha value is -1.33. The van der Waals surface area contributed by atoms with Crippen LogP contribution in [0.2, 0.25) is 0 Å². The number of hydrogen-bond acceptors (Lipinski definition) is 3. The van der Waals surface area contributed by atoms with Gasteiger partial charge in [-0.25, -0.2) is 0 Å². The molecule has 0 saturated carbocycles. The molecule has 0 radical (unpaired) electrons. The Morgan fingerprint density at radius 3 is 2.83 bits per heavy atom. The fourth-order valence-electron chi connectivity index (χ4n) is 1.57. The fourth-order valence-corrected chi connectivity index (χ4v) is 2.84. The number of carbonyl (C=O) groups is 1. The zero-order valence-electron chi connectivity index (χ0n) is 9.87. The van der Waals surface area contributed by atoms with Gasteiger partial charge in [0, 0.05) is 15.4 Å². The summed E-state index contributed by atoms with van der Waals surface area (Å²) in [4.78, 5) is 14.4. The molecule has 1 aromatic carbocycles. The molecular formula is C13H13BrN2OS. The van der Waals surface area contributed by atoms with Crippen molar-refractivity contribution in [1.82, 2.24) is 5.32 Å². The molecule has 0 atom stereocenters. The molecule has 0 aliphatic rings. The minimum Gasteiger partial charge on any atom is -0.398 e. The molecule has 0 fully saturated rings. The Morgan fingerprint density at radius 1 is 1.39 bits per heavy atom. The molecule has 0 spiro atoms. The van der Waals surface area contributed by atoms with E-state index in [1.54, 1.807) is 29.5 Å². The van der Waals surface area contributed by atoms with Gasteiger partial charge in [0.05, 0.1) is 16.6 Å². The van der Waals surface area contributed by atoms with Gasteiger partial charge in [0.25, 0.3) is 5.91 Å². The van der Waals surface area contributed by atoms with Crippen molar-refractivity contribution in [3.63, 3.8) is 0 Å². The highest BCUT2D eigenvalue weighted by Crippen LogP contribution is 2.23. The van der Waals surface area contributed by atoms with Crippen LogP contribution in [0.5, 0.6) is 0 Å². The molecule has 2 rings (SSSR count). The number of anilines is 1. The number of halogens is 1. The molecule has 0 aliphatic heterocycles.